The van der Waals surface area contributed by atoms with Crippen LogP contribution in [-0.2, 0) is 9.53 Å². The van der Waals surface area contributed by atoms with Gasteiger partial charge in [0.1, 0.15) is 5.76 Å². The zero-order chi connectivity index (χ0) is 13.4. The second kappa shape index (κ2) is 4.66. The lowest BCUT2D eigenvalue weighted by Gasteiger charge is -2.18. The average Bonchev–Trinajstić information content (AvgIpc) is 2.56. The van der Waals surface area contributed by atoms with E-state index in [2.05, 4.69) is 0 Å². The lowest BCUT2D eigenvalue weighted by Crippen LogP contribution is -2.10. The van der Waals surface area contributed by atoms with Gasteiger partial charge in [0.05, 0.1) is 17.1 Å². The fourth-order valence-electron chi connectivity index (χ4n) is 2.16. The predicted octanol–water partition coefficient (Wildman–Crippen LogP) is 2.43. The maximum atomic E-state index is 11.0. The minimum absolute atomic E-state index is 0.114. The molecule has 0 saturated heterocycles. The molecule has 3 N–H and O–H groups in total. The molecule has 1 atom stereocenters. The molecule has 5 heteroatoms. The zero-order valence-corrected chi connectivity index (χ0v) is 10.9. The number of allylic oxidation sites excluding steroid dienone is 4. The van der Waals surface area contributed by atoms with Gasteiger partial charge in [-0.15, -0.1) is 11.8 Å². The summed E-state index contributed by atoms with van der Waals surface area (Å²) in [5.74, 6) is -0.138. The van der Waals surface area contributed by atoms with E-state index in [1.807, 2.05) is 12.2 Å². The summed E-state index contributed by atoms with van der Waals surface area (Å²) in [5, 5.41) is 9.12. The van der Waals surface area contributed by atoms with Crippen LogP contribution in [-0.4, -0.2) is 16.3 Å². The molecule has 3 aliphatic rings. The van der Waals surface area contributed by atoms with Gasteiger partial charge < -0.3 is 15.6 Å². The van der Waals surface area contributed by atoms with Crippen LogP contribution in [0.25, 0.3) is 0 Å². The van der Waals surface area contributed by atoms with E-state index in [1.165, 1.54) is 4.91 Å². The highest BCUT2D eigenvalue weighted by Crippen LogP contribution is 2.41. The molecular formula is C14H13NO3S. The summed E-state index contributed by atoms with van der Waals surface area (Å²) >= 11 is 1.70. The molecule has 2 aliphatic carbocycles. The van der Waals surface area contributed by atoms with Crippen molar-refractivity contribution >= 4 is 17.7 Å². The number of rotatable bonds is 1. The molecule has 0 aromatic heterocycles. The lowest BCUT2D eigenvalue weighted by molar-refractivity contribution is -0.132. The van der Waals surface area contributed by atoms with E-state index < -0.39 is 5.97 Å². The van der Waals surface area contributed by atoms with E-state index in [1.54, 1.807) is 30.2 Å². The smallest absolute Gasteiger partial charge is 0.335 e. The molecule has 0 aromatic carbocycles. The molecule has 0 saturated carbocycles. The molecule has 19 heavy (non-hydrogen) atoms. The molecule has 0 amide bonds. The summed E-state index contributed by atoms with van der Waals surface area (Å²) in [6.45, 7) is 0. The summed E-state index contributed by atoms with van der Waals surface area (Å²) < 4.78 is 5.64. The van der Waals surface area contributed by atoms with Crippen LogP contribution in [0.5, 0.6) is 0 Å². The number of aliphatic carboxylic acids is 1. The minimum Gasteiger partial charge on any atom is -0.478 e. The first-order valence-electron chi connectivity index (χ1n) is 5.99. The number of ether oxygens (including phenoxy) is 1. The maximum absolute atomic E-state index is 11.0. The first-order valence-corrected chi connectivity index (χ1v) is 6.87. The van der Waals surface area contributed by atoms with Crippen molar-refractivity contribution in [2.75, 3.05) is 0 Å². The van der Waals surface area contributed by atoms with Gasteiger partial charge in [0, 0.05) is 22.3 Å². The lowest BCUT2D eigenvalue weighted by atomic mass is 10.0. The predicted molar refractivity (Wildman–Crippen MR) is 73.9 cm³/mol. The topological polar surface area (TPSA) is 72.6 Å². The number of carbonyl (C=O) groups is 1. The molecule has 0 spiro atoms. The van der Waals surface area contributed by atoms with E-state index >= 15 is 0 Å². The third-order valence-electron chi connectivity index (χ3n) is 3.17. The summed E-state index contributed by atoms with van der Waals surface area (Å²) in [6, 6.07) is 0. The Kier molecular flexibility index (Phi) is 2.98. The first-order chi connectivity index (χ1) is 9.13. The third kappa shape index (κ3) is 2.33. The number of hydrogen-bond acceptors (Lipinski definition) is 4. The number of thioether (sulfide) groups is 1. The van der Waals surface area contributed by atoms with Crippen LogP contribution in [0.3, 0.4) is 0 Å². The molecule has 0 fully saturated rings. The molecule has 3 rings (SSSR count). The van der Waals surface area contributed by atoms with Gasteiger partial charge in [-0.3, -0.25) is 0 Å². The Morgan fingerprint density at radius 1 is 1.42 bits per heavy atom. The van der Waals surface area contributed by atoms with E-state index in [-0.39, 0.29) is 10.8 Å². The Hall–Kier alpha value is -1.88. The highest BCUT2D eigenvalue weighted by atomic mass is 32.2. The van der Waals surface area contributed by atoms with Gasteiger partial charge in [-0.1, -0.05) is 12.2 Å². The monoisotopic (exact) mass is 275 g/mol. The normalized spacial score (nSPS) is 25.3. The van der Waals surface area contributed by atoms with Crippen LogP contribution in [0.15, 0.2) is 58.1 Å². The summed E-state index contributed by atoms with van der Waals surface area (Å²) in [4.78, 5) is 12.1. The van der Waals surface area contributed by atoms with Crippen molar-refractivity contribution in [1.29, 1.82) is 0 Å². The summed E-state index contributed by atoms with van der Waals surface area (Å²) in [6.07, 6.45) is 10.4. The first kappa shape index (κ1) is 12.2. The van der Waals surface area contributed by atoms with Crippen LogP contribution >= 0.6 is 11.8 Å². The van der Waals surface area contributed by atoms with Gasteiger partial charge in [-0.2, -0.15) is 0 Å². The Balaban J connectivity index is 1.92. The van der Waals surface area contributed by atoms with Crippen LogP contribution in [0.1, 0.15) is 12.8 Å². The van der Waals surface area contributed by atoms with Crippen molar-refractivity contribution < 1.29 is 14.6 Å². The molecule has 1 unspecified atom stereocenters. The summed E-state index contributed by atoms with van der Waals surface area (Å²) in [5.41, 5.74) is 7.78. The fraction of sp³-hybridized carbons (Fsp3) is 0.214. The molecule has 1 aliphatic heterocycles. The van der Waals surface area contributed by atoms with E-state index in [4.69, 9.17) is 15.6 Å². The zero-order valence-electron chi connectivity index (χ0n) is 10.1. The van der Waals surface area contributed by atoms with Gasteiger partial charge in [0.2, 0.25) is 0 Å². The van der Waals surface area contributed by atoms with Crippen molar-refractivity contribution in [3.8, 4) is 0 Å². The van der Waals surface area contributed by atoms with Gasteiger partial charge in [-0.05, 0) is 18.9 Å². The van der Waals surface area contributed by atoms with E-state index in [0.717, 1.165) is 29.9 Å². The molecule has 4 nitrogen and oxygen atoms in total. The quantitative estimate of drug-likeness (QED) is 0.769. The van der Waals surface area contributed by atoms with E-state index in [0.29, 0.717) is 0 Å². The molecule has 0 aromatic rings. The minimum atomic E-state index is -0.924. The van der Waals surface area contributed by atoms with Crippen molar-refractivity contribution in [3.05, 3.63) is 58.1 Å². The van der Waals surface area contributed by atoms with Crippen molar-refractivity contribution in [2.45, 2.75) is 18.1 Å². The average molecular weight is 275 g/mol. The van der Waals surface area contributed by atoms with Gasteiger partial charge in [-0.25, -0.2) is 4.79 Å². The summed E-state index contributed by atoms with van der Waals surface area (Å²) in [7, 11) is 0. The van der Waals surface area contributed by atoms with Crippen molar-refractivity contribution in [3.63, 3.8) is 0 Å². The molecule has 98 valence electrons. The standard InChI is InChI=1S/C14H13NO3S/c15-10-2-4-13-11(6-10)18-7-9-5-8(14(16)17)1-3-12(9)19-13/h1,3,5-7,12H,2,4,15H2,(H,16,17). The number of carboxylic acid groups (broad SMARTS) is 1. The highest BCUT2D eigenvalue weighted by Gasteiger charge is 2.25. The molecule has 0 bridgehead atoms. The Labute approximate surface area is 115 Å². The van der Waals surface area contributed by atoms with Crippen LogP contribution < -0.4 is 5.73 Å². The molecule has 1 heterocycles. The Morgan fingerprint density at radius 2 is 2.26 bits per heavy atom. The second-order valence-electron chi connectivity index (χ2n) is 4.54. The molecule has 0 radical (unpaired) electrons. The van der Waals surface area contributed by atoms with Crippen LogP contribution in [0, 0.1) is 0 Å². The second-order valence-corrected chi connectivity index (χ2v) is 5.78. The Bertz CT molecular complexity index is 596. The van der Waals surface area contributed by atoms with Gasteiger partial charge >= 0.3 is 5.97 Å². The van der Waals surface area contributed by atoms with Gasteiger partial charge in [0.25, 0.3) is 0 Å². The van der Waals surface area contributed by atoms with Gasteiger partial charge in [0.15, 0.2) is 0 Å². The van der Waals surface area contributed by atoms with Crippen LogP contribution in [0.4, 0.5) is 0 Å². The number of nitrogens with two attached hydrogens (primary N) is 1. The number of fused-ring (bicyclic) bond motifs is 1. The van der Waals surface area contributed by atoms with Crippen LogP contribution in [0.2, 0.25) is 0 Å². The van der Waals surface area contributed by atoms with Crippen molar-refractivity contribution in [1.82, 2.24) is 0 Å². The third-order valence-corrected chi connectivity index (χ3v) is 4.54. The number of hydrogen-bond donors (Lipinski definition) is 2. The van der Waals surface area contributed by atoms with Crippen molar-refractivity contribution in [2.24, 2.45) is 5.73 Å². The fourth-order valence-corrected chi connectivity index (χ4v) is 3.32. The largest absolute Gasteiger partial charge is 0.478 e. The Morgan fingerprint density at radius 3 is 3.05 bits per heavy atom. The number of carboxylic acids is 1. The highest BCUT2D eigenvalue weighted by molar-refractivity contribution is 8.04. The molecular weight excluding hydrogens is 262 g/mol. The van der Waals surface area contributed by atoms with E-state index in [9.17, 15) is 4.79 Å². The SMILES string of the molecule is NC1=CC2=C(CC1)SC1C=CC(C(=O)O)=CC1=CO2. The maximum Gasteiger partial charge on any atom is 0.335 e.